The summed E-state index contributed by atoms with van der Waals surface area (Å²) in [6.07, 6.45) is -1.08. The molecule has 1 atom stereocenters. The van der Waals surface area contributed by atoms with Crippen molar-refractivity contribution in [2.75, 3.05) is 19.7 Å². The molecular weight excluding hydrogens is 332 g/mol. The Kier molecular flexibility index (Phi) is 5.93. The molecular formula is C16H18N2O7. The Labute approximate surface area is 143 Å². The van der Waals surface area contributed by atoms with Crippen molar-refractivity contribution in [3.8, 4) is 0 Å². The van der Waals surface area contributed by atoms with E-state index < -0.39 is 36.6 Å². The van der Waals surface area contributed by atoms with Gasteiger partial charge in [-0.15, -0.1) is 0 Å². The van der Waals surface area contributed by atoms with Crippen molar-refractivity contribution in [3.63, 3.8) is 0 Å². The fourth-order valence-electron chi connectivity index (χ4n) is 2.33. The third kappa shape index (κ3) is 4.46. The van der Waals surface area contributed by atoms with E-state index in [2.05, 4.69) is 0 Å². The van der Waals surface area contributed by atoms with Gasteiger partial charge in [0, 0.05) is 0 Å². The second kappa shape index (κ2) is 8.13. The summed E-state index contributed by atoms with van der Waals surface area (Å²) in [6, 6.07) is 6.42. The summed E-state index contributed by atoms with van der Waals surface area (Å²) in [7, 11) is 0. The standard InChI is InChI=1S/C16H18N2O7/c1-2-24-13(19)9-17-8-12(14(20)21)18(15(17)22)16(23)25-10-11-6-4-3-5-7-11/h3-7,12H,2,8-10H2,1H3,(H,20,21). The number of amides is 3. The van der Waals surface area contributed by atoms with Crippen LogP contribution in [0.25, 0.3) is 0 Å². The van der Waals surface area contributed by atoms with Crippen molar-refractivity contribution in [1.29, 1.82) is 0 Å². The topological polar surface area (TPSA) is 113 Å². The predicted molar refractivity (Wildman–Crippen MR) is 83.5 cm³/mol. The molecule has 134 valence electrons. The molecule has 1 unspecified atom stereocenters. The number of benzene rings is 1. The average molecular weight is 350 g/mol. The first-order chi connectivity index (χ1) is 11.9. The number of rotatable bonds is 6. The molecule has 0 saturated carbocycles. The van der Waals surface area contributed by atoms with E-state index in [1.165, 1.54) is 0 Å². The van der Waals surface area contributed by atoms with Crippen LogP contribution in [0.4, 0.5) is 9.59 Å². The number of esters is 1. The quantitative estimate of drug-likeness (QED) is 0.764. The minimum absolute atomic E-state index is 0.104. The highest BCUT2D eigenvalue weighted by Gasteiger charge is 2.46. The summed E-state index contributed by atoms with van der Waals surface area (Å²) in [6.45, 7) is 0.892. The van der Waals surface area contributed by atoms with Crippen LogP contribution in [0.3, 0.4) is 0 Å². The monoisotopic (exact) mass is 350 g/mol. The molecule has 2 rings (SSSR count). The summed E-state index contributed by atoms with van der Waals surface area (Å²) < 4.78 is 9.76. The third-order valence-corrected chi connectivity index (χ3v) is 3.49. The lowest BCUT2D eigenvalue weighted by Crippen LogP contribution is -2.44. The number of carboxylic acid groups (broad SMARTS) is 1. The van der Waals surface area contributed by atoms with Crippen molar-refractivity contribution in [2.24, 2.45) is 0 Å². The largest absolute Gasteiger partial charge is 0.480 e. The van der Waals surface area contributed by atoms with Crippen LogP contribution in [0.2, 0.25) is 0 Å². The van der Waals surface area contributed by atoms with E-state index in [0.717, 1.165) is 4.90 Å². The lowest BCUT2D eigenvalue weighted by atomic mass is 10.2. The molecule has 1 N–H and O–H groups in total. The zero-order valence-corrected chi connectivity index (χ0v) is 13.6. The minimum Gasteiger partial charge on any atom is -0.480 e. The third-order valence-electron chi connectivity index (χ3n) is 3.49. The van der Waals surface area contributed by atoms with Crippen molar-refractivity contribution in [2.45, 2.75) is 19.6 Å². The Balaban J connectivity index is 2.05. The molecule has 1 aromatic carbocycles. The van der Waals surface area contributed by atoms with Crippen LogP contribution in [-0.4, -0.2) is 64.7 Å². The molecule has 0 radical (unpaired) electrons. The second-order valence-electron chi connectivity index (χ2n) is 5.23. The number of hydrogen-bond acceptors (Lipinski definition) is 6. The van der Waals surface area contributed by atoms with Gasteiger partial charge in [-0.25, -0.2) is 19.3 Å². The van der Waals surface area contributed by atoms with E-state index in [1.807, 2.05) is 0 Å². The van der Waals surface area contributed by atoms with E-state index in [4.69, 9.17) is 9.47 Å². The van der Waals surface area contributed by atoms with Gasteiger partial charge >= 0.3 is 24.1 Å². The number of imide groups is 1. The van der Waals surface area contributed by atoms with Crippen LogP contribution in [0.5, 0.6) is 0 Å². The molecule has 1 aromatic rings. The molecule has 9 heteroatoms. The Bertz CT molecular complexity index is 662. The molecule has 1 aliphatic heterocycles. The fourth-order valence-corrected chi connectivity index (χ4v) is 2.33. The number of carbonyl (C=O) groups excluding carboxylic acids is 3. The van der Waals surface area contributed by atoms with E-state index in [9.17, 15) is 24.3 Å². The molecule has 1 fully saturated rings. The van der Waals surface area contributed by atoms with E-state index >= 15 is 0 Å². The molecule has 25 heavy (non-hydrogen) atoms. The molecule has 0 spiro atoms. The molecule has 1 saturated heterocycles. The fraction of sp³-hybridized carbons (Fsp3) is 0.375. The first kappa shape index (κ1) is 18.2. The smallest absolute Gasteiger partial charge is 0.419 e. The van der Waals surface area contributed by atoms with Crippen molar-refractivity contribution >= 4 is 24.1 Å². The molecule has 1 aliphatic rings. The van der Waals surface area contributed by atoms with Crippen LogP contribution in [-0.2, 0) is 25.7 Å². The Morgan fingerprint density at radius 1 is 1.20 bits per heavy atom. The maximum Gasteiger partial charge on any atom is 0.419 e. The molecule has 3 amide bonds. The highest BCUT2D eigenvalue weighted by Crippen LogP contribution is 2.18. The summed E-state index contributed by atoms with van der Waals surface area (Å²) >= 11 is 0. The van der Waals surface area contributed by atoms with Crippen LogP contribution < -0.4 is 0 Å². The van der Waals surface area contributed by atoms with Gasteiger partial charge in [-0.1, -0.05) is 30.3 Å². The lowest BCUT2D eigenvalue weighted by Gasteiger charge is -2.18. The first-order valence-electron chi connectivity index (χ1n) is 7.61. The minimum atomic E-state index is -1.43. The van der Waals surface area contributed by atoms with Gasteiger partial charge in [-0.2, -0.15) is 0 Å². The summed E-state index contributed by atoms with van der Waals surface area (Å²) in [5.41, 5.74) is 0.692. The van der Waals surface area contributed by atoms with E-state index in [0.29, 0.717) is 10.5 Å². The van der Waals surface area contributed by atoms with Crippen molar-refractivity contribution < 1.29 is 33.8 Å². The number of ether oxygens (including phenoxy) is 2. The Hall–Kier alpha value is -3.10. The van der Waals surface area contributed by atoms with Crippen LogP contribution in [0.1, 0.15) is 12.5 Å². The summed E-state index contributed by atoms with van der Waals surface area (Å²) in [5, 5.41) is 9.25. The molecule has 0 aliphatic carbocycles. The SMILES string of the molecule is CCOC(=O)CN1CC(C(=O)O)N(C(=O)OCc2ccccc2)C1=O. The van der Waals surface area contributed by atoms with Gasteiger partial charge in [0.15, 0.2) is 6.04 Å². The van der Waals surface area contributed by atoms with Gasteiger partial charge in [0.05, 0.1) is 13.2 Å². The highest BCUT2D eigenvalue weighted by molar-refractivity contribution is 5.99. The second-order valence-corrected chi connectivity index (χ2v) is 5.23. The lowest BCUT2D eigenvalue weighted by molar-refractivity contribution is -0.144. The summed E-state index contributed by atoms with van der Waals surface area (Å²) in [4.78, 5) is 48.8. The highest BCUT2D eigenvalue weighted by atomic mass is 16.6. The van der Waals surface area contributed by atoms with E-state index in [-0.39, 0.29) is 19.8 Å². The van der Waals surface area contributed by atoms with Gasteiger partial charge in [0.25, 0.3) is 0 Å². The molecule has 9 nitrogen and oxygen atoms in total. The number of aliphatic carboxylic acids is 1. The van der Waals surface area contributed by atoms with Crippen molar-refractivity contribution in [1.82, 2.24) is 9.80 Å². The number of carboxylic acids is 1. The normalized spacial score (nSPS) is 16.7. The van der Waals surface area contributed by atoms with Gasteiger partial charge < -0.3 is 19.5 Å². The van der Waals surface area contributed by atoms with Crippen LogP contribution >= 0.6 is 0 Å². The van der Waals surface area contributed by atoms with Crippen LogP contribution in [0.15, 0.2) is 30.3 Å². The predicted octanol–water partition coefficient (Wildman–Crippen LogP) is 1.08. The first-order valence-corrected chi connectivity index (χ1v) is 7.61. The summed E-state index contributed by atoms with van der Waals surface area (Å²) in [5.74, 6) is -2.05. The van der Waals surface area contributed by atoms with Gasteiger partial charge in [-0.05, 0) is 12.5 Å². The molecule has 0 aromatic heterocycles. The maximum atomic E-state index is 12.3. The molecule has 1 heterocycles. The van der Waals surface area contributed by atoms with Crippen molar-refractivity contribution in [3.05, 3.63) is 35.9 Å². The average Bonchev–Trinajstić information content (AvgIpc) is 2.91. The van der Waals surface area contributed by atoms with Crippen LogP contribution in [0, 0.1) is 0 Å². The van der Waals surface area contributed by atoms with Gasteiger partial charge in [0.2, 0.25) is 0 Å². The maximum absolute atomic E-state index is 12.3. The zero-order chi connectivity index (χ0) is 18.4. The molecule has 0 bridgehead atoms. The zero-order valence-electron chi connectivity index (χ0n) is 13.6. The number of urea groups is 1. The Morgan fingerprint density at radius 3 is 2.48 bits per heavy atom. The Morgan fingerprint density at radius 2 is 1.88 bits per heavy atom. The number of hydrogen-bond donors (Lipinski definition) is 1. The number of carbonyl (C=O) groups is 4. The number of nitrogens with zero attached hydrogens (tertiary/aromatic N) is 2. The van der Waals surface area contributed by atoms with Gasteiger partial charge in [-0.3, -0.25) is 4.79 Å². The van der Waals surface area contributed by atoms with Gasteiger partial charge in [0.1, 0.15) is 13.2 Å². The van der Waals surface area contributed by atoms with E-state index in [1.54, 1.807) is 37.3 Å².